The van der Waals surface area contributed by atoms with Gasteiger partial charge in [0.25, 0.3) is 0 Å². The highest BCUT2D eigenvalue weighted by atomic mass is 32.1. The predicted molar refractivity (Wildman–Crippen MR) is 174 cm³/mol. The van der Waals surface area contributed by atoms with Gasteiger partial charge < -0.3 is 4.74 Å². The Hall–Kier alpha value is -4.66. The average molecular weight is 545 g/mol. The summed E-state index contributed by atoms with van der Waals surface area (Å²) in [4.78, 5) is 2.51. The van der Waals surface area contributed by atoms with Crippen LogP contribution in [0.15, 0.2) is 133 Å². The van der Waals surface area contributed by atoms with Crippen molar-refractivity contribution in [2.24, 2.45) is 0 Å². The number of hydrogen-bond donors (Lipinski definition) is 0. The van der Waals surface area contributed by atoms with E-state index in [4.69, 9.17) is 4.74 Å². The number of thiophene rings is 1. The molecule has 0 saturated heterocycles. The zero-order valence-corrected chi connectivity index (χ0v) is 23.8. The summed E-state index contributed by atoms with van der Waals surface area (Å²) in [6, 6.07) is 48.3. The quantitative estimate of drug-likeness (QED) is 0.201. The van der Waals surface area contributed by atoms with E-state index in [1.807, 2.05) is 17.4 Å². The molecule has 1 aliphatic heterocycles. The zero-order chi connectivity index (χ0) is 27.6. The fraction of sp³-hybridized carbons (Fsp3) is 0.0769. The van der Waals surface area contributed by atoms with Crippen molar-refractivity contribution in [2.75, 3.05) is 0 Å². The van der Waals surface area contributed by atoms with Crippen LogP contribution in [0.1, 0.15) is 25.0 Å². The van der Waals surface area contributed by atoms with Crippen LogP contribution >= 0.6 is 11.3 Å². The maximum Gasteiger partial charge on any atom is 0.132 e. The van der Waals surface area contributed by atoms with E-state index in [2.05, 4.69) is 141 Å². The lowest BCUT2D eigenvalue weighted by molar-refractivity contribution is 0.418. The van der Waals surface area contributed by atoms with Gasteiger partial charge in [0.1, 0.15) is 11.5 Å². The van der Waals surface area contributed by atoms with Gasteiger partial charge in [-0.05, 0) is 68.1 Å². The molecule has 1 aliphatic rings. The van der Waals surface area contributed by atoms with Gasteiger partial charge in [0.05, 0.1) is 0 Å². The summed E-state index contributed by atoms with van der Waals surface area (Å²) >= 11 is 1.83. The first-order valence-corrected chi connectivity index (χ1v) is 14.9. The van der Waals surface area contributed by atoms with Crippen LogP contribution in [0.3, 0.4) is 0 Å². The van der Waals surface area contributed by atoms with Gasteiger partial charge in [0.2, 0.25) is 0 Å². The van der Waals surface area contributed by atoms with Gasteiger partial charge in [-0.1, -0.05) is 123 Å². The Labute approximate surface area is 244 Å². The third-order valence-electron chi connectivity index (χ3n) is 8.59. The smallest absolute Gasteiger partial charge is 0.132 e. The fourth-order valence-electron chi connectivity index (χ4n) is 6.37. The van der Waals surface area contributed by atoms with E-state index in [1.54, 1.807) is 0 Å². The van der Waals surface area contributed by atoms with Crippen molar-refractivity contribution < 1.29 is 4.74 Å². The molecule has 2 heterocycles. The number of ether oxygens (including phenoxy) is 1. The molecule has 41 heavy (non-hydrogen) atoms. The van der Waals surface area contributed by atoms with Crippen molar-refractivity contribution >= 4 is 32.9 Å². The third-order valence-corrected chi connectivity index (χ3v) is 9.78. The summed E-state index contributed by atoms with van der Waals surface area (Å²) in [5.41, 5.74) is 7.30. The largest absolute Gasteiger partial charge is 0.457 e. The summed E-state index contributed by atoms with van der Waals surface area (Å²) in [5.74, 6) is 1.90. The van der Waals surface area contributed by atoms with Crippen LogP contribution in [-0.2, 0) is 5.41 Å². The minimum absolute atomic E-state index is 0.0950. The van der Waals surface area contributed by atoms with Crippen molar-refractivity contribution in [2.45, 2.75) is 19.3 Å². The Balaban J connectivity index is 1.11. The normalized spacial score (nSPS) is 13.5. The van der Waals surface area contributed by atoms with E-state index < -0.39 is 0 Å². The molecule has 196 valence electrons. The maximum absolute atomic E-state index is 6.38. The van der Waals surface area contributed by atoms with E-state index in [0.717, 1.165) is 11.5 Å². The number of benzene rings is 6. The van der Waals surface area contributed by atoms with Crippen molar-refractivity contribution in [3.8, 4) is 43.5 Å². The standard InChI is InChI=1S/C39H28OS/c1-39(2)33-12-5-6-13-35(33)40-36-24-28(19-21-34(36)39)38-23-22-37(41-38)27-16-14-26(15-17-27)30-10-7-11-31-29-9-4-3-8-25(29)18-20-32(30)31/h3-24H,1-2H3. The van der Waals surface area contributed by atoms with Crippen molar-refractivity contribution in [1.82, 2.24) is 0 Å². The Morgan fingerprint density at radius 2 is 1.17 bits per heavy atom. The van der Waals surface area contributed by atoms with Gasteiger partial charge in [0, 0.05) is 26.3 Å². The molecule has 6 aromatic carbocycles. The third kappa shape index (κ3) is 3.90. The summed E-state index contributed by atoms with van der Waals surface area (Å²) in [5, 5.41) is 5.17. The molecule has 7 aromatic rings. The second-order valence-corrected chi connectivity index (χ2v) is 12.4. The molecule has 0 unspecified atom stereocenters. The lowest BCUT2D eigenvalue weighted by atomic mass is 9.75. The number of fused-ring (bicyclic) bond motifs is 5. The molecule has 0 radical (unpaired) electrons. The summed E-state index contributed by atoms with van der Waals surface area (Å²) in [7, 11) is 0. The molecule has 0 bridgehead atoms. The van der Waals surface area contributed by atoms with Gasteiger partial charge in [-0.25, -0.2) is 0 Å². The highest BCUT2D eigenvalue weighted by molar-refractivity contribution is 7.18. The van der Waals surface area contributed by atoms with E-state index in [-0.39, 0.29) is 5.41 Å². The molecule has 0 amide bonds. The second kappa shape index (κ2) is 9.19. The SMILES string of the molecule is CC1(C)c2ccccc2Oc2cc(-c3ccc(-c4ccc(-c5cccc6c5ccc5ccccc56)cc4)s3)ccc21. The minimum Gasteiger partial charge on any atom is -0.457 e. The molecule has 8 rings (SSSR count). The maximum atomic E-state index is 6.38. The summed E-state index contributed by atoms with van der Waals surface area (Å²) < 4.78 is 6.38. The summed E-state index contributed by atoms with van der Waals surface area (Å²) in [6.45, 7) is 4.56. The van der Waals surface area contributed by atoms with Gasteiger partial charge >= 0.3 is 0 Å². The molecular formula is C39H28OS. The Kier molecular flexibility index (Phi) is 5.42. The lowest BCUT2D eigenvalue weighted by Crippen LogP contribution is -2.24. The van der Waals surface area contributed by atoms with Crippen LogP contribution in [0.2, 0.25) is 0 Å². The predicted octanol–water partition coefficient (Wildman–Crippen LogP) is 11.5. The van der Waals surface area contributed by atoms with Crippen molar-refractivity contribution in [3.05, 3.63) is 145 Å². The first-order valence-electron chi connectivity index (χ1n) is 14.1. The Morgan fingerprint density at radius 3 is 2.05 bits per heavy atom. The zero-order valence-electron chi connectivity index (χ0n) is 23.0. The van der Waals surface area contributed by atoms with Crippen molar-refractivity contribution in [1.29, 1.82) is 0 Å². The molecule has 0 fully saturated rings. The van der Waals surface area contributed by atoms with Crippen LogP contribution in [0.25, 0.3) is 53.6 Å². The topological polar surface area (TPSA) is 9.23 Å². The number of para-hydroxylation sites is 1. The highest BCUT2D eigenvalue weighted by Gasteiger charge is 2.34. The van der Waals surface area contributed by atoms with E-state index in [1.165, 1.54) is 64.7 Å². The molecule has 1 aromatic heterocycles. The van der Waals surface area contributed by atoms with Gasteiger partial charge in [-0.2, -0.15) is 0 Å². The first kappa shape index (κ1) is 24.2. The van der Waals surface area contributed by atoms with Gasteiger partial charge in [-0.3, -0.25) is 0 Å². The molecule has 0 atom stereocenters. The van der Waals surface area contributed by atoms with Gasteiger partial charge in [0.15, 0.2) is 0 Å². The molecule has 1 nitrogen and oxygen atoms in total. The lowest BCUT2D eigenvalue weighted by Gasteiger charge is -2.34. The Morgan fingerprint density at radius 1 is 0.488 bits per heavy atom. The minimum atomic E-state index is -0.0950. The van der Waals surface area contributed by atoms with Crippen LogP contribution in [0.5, 0.6) is 11.5 Å². The van der Waals surface area contributed by atoms with E-state index in [0.29, 0.717) is 0 Å². The highest BCUT2D eigenvalue weighted by Crippen LogP contribution is 2.49. The average Bonchev–Trinajstić information content (AvgIpc) is 3.51. The van der Waals surface area contributed by atoms with Crippen molar-refractivity contribution in [3.63, 3.8) is 0 Å². The second-order valence-electron chi connectivity index (χ2n) is 11.4. The monoisotopic (exact) mass is 544 g/mol. The molecule has 0 N–H and O–H groups in total. The molecule has 0 saturated carbocycles. The summed E-state index contributed by atoms with van der Waals surface area (Å²) in [6.07, 6.45) is 0. The first-order chi connectivity index (χ1) is 20.1. The van der Waals surface area contributed by atoms with Crippen LogP contribution < -0.4 is 4.74 Å². The fourth-order valence-corrected chi connectivity index (χ4v) is 7.37. The number of rotatable bonds is 3. The molecule has 0 aliphatic carbocycles. The molecule has 2 heteroatoms. The van der Waals surface area contributed by atoms with E-state index >= 15 is 0 Å². The van der Waals surface area contributed by atoms with Crippen LogP contribution in [0.4, 0.5) is 0 Å². The van der Waals surface area contributed by atoms with E-state index in [9.17, 15) is 0 Å². The molecular weight excluding hydrogens is 516 g/mol. The number of hydrogen-bond acceptors (Lipinski definition) is 2. The Bertz CT molecular complexity index is 2100. The molecule has 0 spiro atoms. The van der Waals surface area contributed by atoms with Crippen LogP contribution in [-0.4, -0.2) is 0 Å². The van der Waals surface area contributed by atoms with Crippen LogP contribution in [0, 0.1) is 0 Å². The van der Waals surface area contributed by atoms with Gasteiger partial charge in [-0.15, -0.1) is 11.3 Å².